The topological polar surface area (TPSA) is 0 Å². The van der Waals surface area contributed by atoms with Gasteiger partial charge in [0.1, 0.15) is 0 Å². The van der Waals surface area contributed by atoms with Crippen LogP contribution in [0.3, 0.4) is 0 Å². The highest BCUT2D eigenvalue weighted by Crippen LogP contribution is 2.44. The van der Waals surface area contributed by atoms with Crippen molar-refractivity contribution in [2.45, 2.75) is 113 Å². The summed E-state index contributed by atoms with van der Waals surface area (Å²) in [5.74, 6) is 2.05. The predicted molar refractivity (Wildman–Crippen MR) is 137 cm³/mol. The van der Waals surface area contributed by atoms with E-state index in [1.165, 1.54) is 44.1 Å². The molecule has 0 heterocycles. The van der Waals surface area contributed by atoms with Crippen molar-refractivity contribution in [3.05, 3.63) is 53.3 Å². The van der Waals surface area contributed by atoms with Crippen LogP contribution in [-0.2, 0) is 0 Å². The van der Waals surface area contributed by atoms with Gasteiger partial charge in [0.25, 0.3) is 0 Å². The summed E-state index contributed by atoms with van der Waals surface area (Å²) in [6, 6.07) is 0. The standard InChI is InChI=1S/C30H50/c1-9-26(8)30(13-5,23-27(10-2)11-3)21-20-24(6)22-28-16-14-15-17-29(12-4)25(7)18-19-28/h9,15-16,18,27-29H,6,10-13,17,19-23H2,1-5,7-8H3. The Bertz CT molecular complexity index is 633. The van der Waals surface area contributed by atoms with Crippen LogP contribution in [0, 0.1) is 23.2 Å². The SMILES string of the molecule is C=C(CCC(CC)(CC(CC)CC)C(C)=CC)CC1C=C=CCC(CC)C(C)=CC1. The van der Waals surface area contributed by atoms with Crippen molar-refractivity contribution < 1.29 is 0 Å². The molecule has 170 valence electrons. The molecule has 0 N–H and O–H groups in total. The maximum atomic E-state index is 4.52. The first-order valence-electron chi connectivity index (χ1n) is 12.7. The Kier molecular flexibility index (Phi) is 12.4. The van der Waals surface area contributed by atoms with Gasteiger partial charge < -0.3 is 0 Å². The van der Waals surface area contributed by atoms with Crippen molar-refractivity contribution in [3.8, 4) is 0 Å². The van der Waals surface area contributed by atoms with E-state index in [4.69, 9.17) is 0 Å². The fourth-order valence-corrected chi connectivity index (χ4v) is 5.19. The van der Waals surface area contributed by atoms with Gasteiger partial charge in [-0.2, -0.15) is 0 Å². The fourth-order valence-electron chi connectivity index (χ4n) is 5.19. The highest BCUT2D eigenvalue weighted by molar-refractivity contribution is 5.15. The van der Waals surface area contributed by atoms with Crippen LogP contribution in [0.2, 0.25) is 0 Å². The second kappa shape index (κ2) is 13.9. The zero-order chi connectivity index (χ0) is 22.6. The van der Waals surface area contributed by atoms with E-state index in [0.29, 0.717) is 17.3 Å². The molecule has 0 aromatic heterocycles. The molecule has 3 unspecified atom stereocenters. The molecule has 0 saturated carbocycles. The zero-order valence-electron chi connectivity index (χ0n) is 21.3. The minimum absolute atomic E-state index is 0.341. The third kappa shape index (κ3) is 8.11. The third-order valence-electron chi connectivity index (χ3n) is 8.02. The van der Waals surface area contributed by atoms with Crippen molar-refractivity contribution in [1.82, 2.24) is 0 Å². The second-order valence-corrected chi connectivity index (χ2v) is 9.77. The van der Waals surface area contributed by atoms with E-state index in [9.17, 15) is 0 Å². The molecule has 3 atom stereocenters. The van der Waals surface area contributed by atoms with Crippen LogP contribution in [0.4, 0.5) is 0 Å². The summed E-state index contributed by atoms with van der Waals surface area (Å²) in [5.41, 5.74) is 8.38. The molecule has 1 aliphatic rings. The van der Waals surface area contributed by atoms with Crippen LogP contribution < -0.4 is 0 Å². The van der Waals surface area contributed by atoms with Gasteiger partial charge in [-0.1, -0.05) is 76.0 Å². The van der Waals surface area contributed by atoms with Crippen molar-refractivity contribution in [2.75, 3.05) is 0 Å². The largest absolute Gasteiger partial charge is 0.129 e. The van der Waals surface area contributed by atoms with Crippen LogP contribution in [0.25, 0.3) is 0 Å². The van der Waals surface area contributed by atoms with Crippen LogP contribution in [0.1, 0.15) is 113 Å². The molecule has 30 heavy (non-hydrogen) atoms. The molecule has 1 aliphatic carbocycles. The van der Waals surface area contributed by atoms with Crippen molar-refractivity contribution >= 4 is 0 Å². The quantitative estimate of drug-likeness (QED) is 0.222. The van der Waals surface area contributed by atoms with Gasteiger partial charge >= 0.3 is 0 Å². The number of hydrogen-bond acceptors (Lipinski definition) is 0. The van der Waals surface area contributed by atoms with E-state index < -0.39 is 0 Å². The monoisotopic (exact) mass is 410 g/mol. The van der Waals surface area contributed by atoms with Gasteiger partial charge in [0.2, 0.25) is 0 Å². The van der Waals surface area contributed by atoms with E-state index in [1.807, 2.05) is 0 Å². The van der Waals surface area contributed by atoms with Gasteiger partial charge in [-0.3, -0.25) is 0 Å². The first-order chi connectivity index (χ1) is 14.3. The first-order valence-corrected chi connectivity index (χ1v) is 12.7. The van der Waals surface area contributed by atoms with Gasteiger partial charge in [-0.25, -0.2) is 0 Å². The summed E-state index contributed by atoms with van der Waals surface area (Å²) in [4.78, 5) is 0. The zero-order valence-corrected chi connectivity index (χ0v) is 21.3. The van der Waals surface area contributed by atoms with Gasteiger partial charge in [0.15, 0.2) is 0 Å². The molecule has 0 spiro atoms. The Morgan fingerprint density at radius 3 is 2.50 bits per heavy atom. The molecule has 0 aromatic carbocycles. The van der Waals surface area contributed by atoms with Gasteiger partial charge in [0.05, 0.1) is 0 Å². The molecule has 0 nitrogen and oxygen atoms in total. The van der Waals surface area contributed by atoms with Crippen molar-refractivity contribution in [1.29, 1.82) is 0 Å². The fraction of sp³-hybridized carbons (Fsp3) is 0.700. The minimum Gasteiger partial charge on any atom is -0.129 e. The lowest BCUT2D eigenvalue weighted by molar-refractivity contribution is 0.225. The van der Waals surface area contributed by atoms with E-state index >= 15 is 0 Å². The molecule has 0 aromatic rings. The van der Waals surface area contributed by atoms with Gasteiger partial charge in [0, 0.05) is 0 Å². The average Bonchev–Trinajstić information content (AvgIpc) is 2.84. The number of allylic oxidation sites excluding steroid dienone is 6. The lowest BCUT2D eigenvalue weighted by atomic mass is 9.67. The molecule has 0 amide bonds. The maximum Gasteiger partial charge on any atom is -0.00858 e. The minimum atomic E-state index is 0.341. The normalized spacial score (nSPS) is 22.3. The Morgan fingerprint density at radius 1 is 1.23 bits per heavy atom. The van der Waals surface area contributed by atoms with E-state index in [-0.39, 0.29) is 0 Å². The molecule has 0 bridgehead atoms. The average molecular weight is 411 g/mol. The van der Waals surface area contributed by atoms with E-state index in [0.717, 1.165) is 31.6 Å². The van der Waals surface area contributed by atoms with Gasteiger partial charge in [-0.05, 0) is 107 Å². The summed E-state index contributed by atoms with van der Waals surface area (Å²) in [7, 11) is 0. The van der Waals surface area contributed by atoms with Crippen molar-refractivity contribution in [2.24, 2.45) is 23.2 Å². The Balaban J connectivity index is 2.84. The highest BCUT2D eigenvalue weighted by atomic mass is 14.4. The molecule has 0 radical (unpaired) electrons. The molecular formula is C30H50. The lowest BCUT2D eigenvalue weighted by Crippen LogP contribution is -2.25. The Morgan fingerprint density at radius 2 is 1.93 bits per heavy atom. The van der Waals surface area contributed by atoms with Crippen LogP contribution in [-0.4, -0.2) is 0 Å². The van der Waals surface area contributed by atoms with E-state index in [2.05, 4.69) is 85.1 Å². The Labute approximate surface area is 189 Å². The second-order valence-electron chi connectivity index (χ2n) is 9.77. The summed E-state index contributed by atoms with van der Waals surface area (Å²) in [6.45, 7) is 20.8. The first kappa shape index (κ1) is 26.8. The molecule has 0 heteroatoms. The molecule has 0 saturated heterocycles. The maximum absolute atomic E-state index is 4.52. The summed E-state index contributed by atoms with van der Waals surface area (Å²) in [5, 5.41) is 0. The van der Waals surface area contributed by atoms with Gasteiger partial charge in [-0.15, -0.1) is 5.73 Å². The molecular weight excluding hydrogens is 360 g/mol. The molecule has 0 aliphatic heterocycles. The van der Waals surface area contributed by atoms with Crippen molar-refractivity contribution in [3.63, 3.8) is 0 Å². The van der Waals surface area contributed by atoms with Crippen LogP contribution in [0.5, 0.6) is 0 Å². The molecule has 1 rings (SSSR count). The van der Waals surface area contributed by atoms with Crippen LogP contribution >= 0.6 is 0 Å². The molecule has 0 fully saturated rings. The smallest absolute Gasteiger partial charge is 0.00858 e. The summed E-state index contributed by atoms with van der Waals surface area (Å²) in [6.07, 6.45) is 21.5. The third-order valence-corrected chi connectivity index (χ3v) is 8.02. The summed E-state index contributed by atoms with van der Waals surface area (Å²) < 4.78 is 0. The van der Waals surface area contributed by atoms with E-state index in [1.54, 1.807) is 11.1 Å². The predicted octanol–water partition coefficient (Wildman–Crippen LogP) is 10.00. The van der Waals surface area contributed by atoms with Crippen LogP contribution in [0.15, 0.2) is 53.3 Å². The number of hydrogen-bond donors (Lipinski definition) is 0. The lowest BCUT2D eigenvalue weighted by Gasteiger charge is -2.38. The summed E-state index contributed by atoms with van der Waals surface area (Å²) >= 11 is 0. The highest BCUT2D eigenvalue weighted by Gasteiger charge is 2.31. The Hall–Kier alpha value is -1.26. The number of rotatable bonds is 12.